The molecule has 0 aromatic carbocycles. The molecule has 28 heteroatoms. The summed E-state index contributed by atoms with van der Waals surface area (Å²) in [6.07, 6.45) is 28.0. The molecule has 24 nitrogen and oxygen atoms in total. The van der Waals surface area contributed by atoms with Crippen LogP contribution in [0.5, 0.6) is 0 Å². The van der Waals surface area contributed by atoms with Crippen molar-refractivity contribution >= 4 is 69.1 Å². The molecule has 3 heterocycles. The Hall–Kier alpha value is -4.00. The number of nitrogens with zero attached hydrogens (tertiary/aromatic N) is 4. The molecule has 7 unspecified atom stereocenters. The number of nitrogens with two attached hydrogens (primary N) is 1. The molecular weight excluding hydrogens is 1040 g/mol. The number of ether oxygens (including phenoxy) is 1. The first-order chi connectivity index (χ1) is 34.6. The fourth-order valence-corrected chi connectivity index (χ4v) is 9.96. The molecule has 1 fully saturated rings. The number of phosphoric ester groups is 3. The number of amides is 2. The molecule has 1 aliphatic rings. The third-order valence-corrected chi connectivity index (χ3v) is 14.3. The number of nitrogens with one attached hydrogen (secondary N) is 2. The molecule has 2 aromatic rings. The number of unbranched alkanes of at least 4 members (excludes halogenated alkanes) is 4. The maximum atomic E-state index is 12.8. The van der Waals surface area contributed by atoms with Gasteiger partial charge in [-0.1, -0.05) is 112 Å². The number of carbonyl (C=O) groups is 3. The standard InChI is InChI=1S/C45H70N7O17P3S/c1-4-5-6-7-8-9-10-11-12-13-14-15-16-17-18-19-20-21-22-23-24-25-36(54)73-29-28-47-35(53)26-27-48-43(57)40(56)45(2,3)31-66-72(63,64)69-71(61,62)65-30-34-39(68-70(58,59)60)38(55)44(67-34)52-33-51-37-41(46)49-32-50-42(37)52/h8-9,11-12,14-15,17-18,20-21,24-25,32-34,38-40,44,55-56H,4-7,10,13,16,19,22-23,26-31H2,1-3H3,(H,47,53)(H,48,57)(H,61,62)(H,63,64)(H2,46,49,50)(H2,58,59,60). The van der Waals surface area contributed by atoms with Crippen molar-refractivity contribution in [2.75, 3.05) is 37.8 Å². The Bertz CT molecular complexity index is 2390. The number of thioether (sulfide) groups is 1. The predicted octanol–water partition coefficient (Wildman–Crippen LogP) is 5.92. The number of hydrogen-bond acceptors (Lipinski definition) is 18. The highest BCUT2D eigenvalue weighted by molar-refractivity contribution is 8.14. The molecule has 408 valence electrons. The van der Waals surface area contributed by atoms with Crippen molar-refractivity contribution < 1.29 is 80.5 Å². The van der Waals surface area contributed by atoms with Crippen LogP contribution in [0.2, 0.25) is 0 Å². The maximum absolute atomic E-state index is 12.8. The van der Waals surface area contributed by atoms with Gasteiger partial charge in [0.15, 0.2) is 17.7 Å². The van der Waals surface area contributed by atoms with Gasteiger partial charge in [-0.25, -0.2) is 28.6 Å². The first-order valence-electron chi connectivity index (χ1n) is 23.5. The zero-order chi connectivity index (χ0) is 53.9. The fraction of sp³-hybridized carbons (Fsp3) is 0.556. The zero-order valence-electron chi connectivity index (χ0n) is 41.1. The lowest BCUT2D eigenvalue weighted by atomic mass is 9.87. The first-order valence-corrected chi connectivity index (χ1v) is 29.0. The van der Waals surface area contributed by atoms with Gasteiger partial charge in [0.2, 0.25) is 16.9 Å². The van der Waals surface area contributed by atoms with E-state index in [1.165, 1.54) is 39.2 Å². The van der Waals surface area contributed by atoms with Crippen LogP contribution >= 0.6 is 35.2 Å². The van der Waals surface area contributed by atoms with Gasteiger partial charge < -0.3 is 50.9 Å². The number of aromatic nitrogens is 4. The lowest BCUT2D eigenvalue weighted by Gasteiger charge is -2.30. The van der Waals surface area contributed by atoms with E-state index < -0.39 is 84.6 Å². The Morgan fingerprint density at radius 1 is 0.849 bits per heavy atom. The summed E-state index contributed by atoms with van der Waals surface area (Å²) in [6.45, 7) is 2.67. The number of hydrogen-bond donors (Lipinski definition) is 9. The summed E-state index contributed by atoms with van der Waals surface area (Å²) in [5.74, 6) is -1.16. The number of allylic oxidation sites excluding steroid dienone is 11. The molecule has 2 amide bonds. The number of phosphoric acid groups is 3. The number of anilines is 1. The summed E-state index contributed by atoms with van der Waals surface area (Å²) in [5, 5.41) is 26.4. The zero-order valence-corrected chi connectivity index (χ0v) is 44.6. The van der Waals surface area contributed by atoms with Gasteiger partial charge >= 0.3 is 23.5 Å². The summed E-state index contributed by atoms with van der Waals surface area (Å²) in [4.78, 5) is 88.4. The molecule has 3 rings (SSSR count). The molecule has 73 heavy (non-hydrogen) atoms. The van der Waals surface area contributed by atoms with Crippen LogP contribution in [-0.4, -0.2) is 123 Å². The van der Waals surface area contributed by atoms with Crippen molar-refractivity contribution in [2.24, 2.45) is 5.41 Å². The first kappa shape index (κ1) is 63.3. The van der Waals surface area contributed by atoms with Crippen molar-refractivity contribution in [1.82, 2.24) is 30.2 Å². The second-order valence-corrected chi connectivity index (χ2v) is 22.3. The van der Waals surface area contributed by atoms with E-state index in [4.69, 9.17) is 19.5 Å². The van der Waals surface area contributed by atoms with Gasteiger partial charge in [0, 0.05) is 30.7 Å². The average molecular weight is 1110 g/mol. The van der Waals surface area contributed by atoms with Gasteiger partial charge in [-0.05, 0) is 57.4 Å². The van der Waals surface area contributed by atoms with Crippen molar-refractivity contribution in [1.29, 1.82) is 0 Å². The number of aliphatic hydroxyl groups excluding tert-OH is 2. The molecule has 0 aliphatic carbocycles. The Morgan fingerprint density at radius 3 is 2.08 bits per heavy atom. The number of carbonyl (C=O) groups excluding carboxylic acids is 3. The number of imidazole rings is 1. The van der Waals surface area contributed by atoms with E-state index in [-0.39, 0.29) is 41.6 Å². The number of aliphatic hydroxyl groups is 2. The highest BCUT2D eigenvalue weighted by atomic mass is 32.2. The number of rotatable bonds is 35. The smallest absolute Gasteiger partial charge is 0.386 e. The van der Waals surface area contributed by atoms with Gasteiger partial charge in [0.05, 0.1) is 19.5 Å². The largest absolute Gasteiger partial charge is 0.481 e. The molecule has 0 spiro atoms. The van der Waals surface area contributed by atoms with Crippen molar-refractivity contribution in [3.8, 4) is 0 Å². The summed E-state index contributed by atoms with van der Waals surface area (Å²) >= 11 is 1.04. The van der Waals surface area contributed by atoms with Crippen LogP contribution in [0.1, 0.15) is 97.6 Å². The highest BCUT2D eigenvalue weighted by Crippen LogP contribution is 2.61. The molecule has 0 saturated carbocycles. The van der Waals surface area contributed by atoms with Crippen LogP contribution in [0, 0.1) is 5.41 Å². The van der Waals surface area contributed by atoms with E-state index in [1.807, 2.05) is 0 Å². The van der Waals surface area contributed by atoms with Crippen molar-refractivity contribution in [3.05, 3.63) is 85.6 Å². The Kier molecular flexibility index (Phi) is 28.1. The summed E-state index contributed by atoms with van der Waals surface area (Å²) < 4.78 is 62.5. The van der Waals surface area contributed by atoms with E-state index in [1.54, 1.807) is 6.08 Å². The molecule has 0 bridgehead atoms. The average Bonchev–Trinajstić information content (AvgIpc) is 3.88. The normalized spacial score (nSPS) is 20.1. The maximum Gasteiger partial charge on any atom is 0.481 e. The Labute approximate surface area is 429 Å². The van der Waals surface area contributed by atoms with Gasteiger partial charge in [0.25, 0.3) is 0 Å². The van der Waals surface area contributed by atoms with Crippen molar-refractivity contribution in [3.63, 3.8) is 0 Å². The number of nitrogen functional groups attached to an aromatic ring is 1. The molecule has 2 aromatic heterocycles. The van der Waals surface area contributed by atoms with E-state index in [0.29, 0.717) is 12.2 Å². The molecular formula is C45H70N7O17P3S. The van der Waals surface area contributed by atoms with Crippen molar-refractivity contribution in [2.45, 2.75) is 122 Å². The second kappa shape index (κ2) is 32.4. The third kappa shape index (κ3) is 24.9. The SMILES string of the molecule is CCCCCC=CCC=CCC=CCC=CCC=CCCC=CC(=O)SCCNC(=O)CCNC(=O)C(O)C(C)(C)COP(=O)(O)OP(=O)(O)OCC1OC(n2cnc3c(N)ncnc32)C(O)C1OP(=O)(O)O. The van der Waals surface area contributed by atoms with E-state index in [9.17, 15) is 57.9 Å². The highest BCUT2D eigenvalue weighted by Gasteiger charge is 2.50. The van der Waals surface area contributed by atoms with Crippen LogP contribution in [0.25, 0.3) is 11.2 Å². The van der Waals surface area contributed by atoms with Crippen LogP contribution in [0.15, 0.2) is 85.6 Å². The topological polar surface area (TPSA) is 364 Å². The second-order valence-electron chi connectivity index (χ2n) is 17.0. The summed E-state index contributed by atoms with van der Waals surface area (Å²) in [5.41, 5.74) is 4.27. The minimum absolute atomic E-state index is 0.0289. The molecule has 1 aliphatic heterocycles. The Morgan fingerprint density at radius 2 is 1.45 bits per heavy atom. The van der Waals surface area contributed by atoms with Gasteiger partial charge in [0.1, 0.15) is 36.3 Å². The van der Waals surface area contributed by atoms with Gasteiger partial charge in [-0.3, -0.25) is 32.5 Å². The van der Waals surface area contributed by atoms with Crippen LogP contribution in [-0.2, 0) is 50.7 Å². The van der Waals surface area contributed by atoms with Crippen LogP contribution in [0.4, 0.5) is 5.82 Å². The van der Waals surface area contributed by atoms with E-state index >= 15 is 0 Å². The third-order valence-electron chi connectivity index (χ3n) is 10.4. The predicted molar refractivity (Wildman–Crippen MR) is 274 cm³/mol. The summed E-state index contributed by atoms with van der Waals surface area (Å²) in [7, 11) is -16.4. The van der Waals surface area contributed by atoms with Crippen LogP contribution in [0.3, 0.4) is 0 Å². The van der Waals surface area contributed by atoms with Gasteiger partial charge in [-0.15, -0.1) is 0 Å². The lowest BCUT2D eigenvalue weighted by Crippen LogP contribution is -2.46. The summed E-state index contributed by atoms with van der Waals surface area (Å²) in [6, 6.07) is 0. The minimum Gasteiger partial charge on any atom is -0.386 e. The minimum atomic E-state index is -5.59. The molecule has 0 radical (unpaired) electrons. The quantitative estimate of drug-likeness (QED) is 0.0167. The Balaban J connectivity index is 1.28. The number of fused-ring (bicyclic) bond motifs is 1. The lowest BCUT2D eigenvalue weighted by molar-refractivity contribution is -0.137. The fourth-order valence-electron chi connectivity index (χ4n) is 6.53. The van der Waals surface area contributed by atoms with Crippen LogP contribution < -0.4 is 16.4 Å². The van der Waals surface area contributed by atoms with E-state index in [2.05, 4.69) is 102 Å². The monoisotopic (exact) mass is 1110 g/mol. The molecule has 1 saturated heterocycles. The van der Waals surface area contributed by atoms with Gasteiger partial charge in [-0.2, -0.15) is 4.31 Å². The molecule has 7 atom stereocenters. The molecule has 10 N–H and O–H groups in total. The van der Waals surface area contributed by atoms with E-state index in [0.717, 1.165) is 67.5 Å².